The number of hydrogen-bond acceptors (Lipinski definition) is 2. The average molecular weight is 357 g/mol. The summed E-state index contributed by atoms with van der Waals surface area (Å²) in [5.74, 6) is -0.496. The monoisotopic (exact) mass is 355 g/mol. The molecule has 2 nitrogen and oxygen atoms in total. The maximum Gasteiger partial charge on any atom is 0.156 e. The molecular weight excluding hydrogens is 341 g/mol. The van der Waals surface area contributed by atoms with Crippen LogP contribution in [0.2, 0.25) is 5.02 Å². The first kappa shape index (κ1) is 16.2. The molecule has 0 saturated heterocycles. The van der Waals surface area contributed by atoms with Crippen molar-refractivity contribution in [2.24, 2.45) is 0 Å². The molecule has 0 saturated carbocycles. The van der Waals surface area contributed by atoms with Gasteiger partial charge in [0.25, 0.3) is 0 Å². The molecular formula is C12H16BrClFNOS. The SMILES string of the molecule is C[C@@H](N[S+]([O-])C(C)(C)C)c1ccc(Br)c(F)c1Cl. The number of nitrogens with one attached hydrogen (secondary N) is 1. The smallest absolute Gasteiger partial charge is 0.156 e. The summed E-state index contributed by atoms with van der Waals surface area (Å²) in [6.07, 6.45) is 0. The zero-order chi connectivity index (χ0) is 14.1. The van der Waals surface area contributed by atoms with Crippen molar-refractivity contribution in [1.82, 2.24) is 4.72 Å². The molecule has 0 fully saturated rings. The van der Waals surface area contributed by atoms with E-state index in [0.29, 0.717) is 10.0 Å². The molecule has 0 heterocycles. The first-order chi connectivity index (χ1) is 8.14. The quantitative estimate of drug-likeness (QED) is 0.645. The molecule has 0 bridgehead atoms. The zero-order valence-electron chi connectivity index (χ0n) is 10.7. The van der Waals surface area contributed by atoms with E-state index in [4.69, 9.17) is 11.6 Å². The van der Waals surface area contributed by atoms with E-state index >= 15 is 0 Å². The van der Waals surface area contributed by atoms with Crippen molar-refractivity contribution in [3.05, 3.63) is 33.0 Å². The van der Waals surface area contributed by atoms with E-state index in [9.17, 15) is 8.94 Å². The molecule has 1 aromatic rings. The lowest BCUT2D eigenvalue weighted by molar-refractivity contribution is 0.530. The van der Waals surface area contributed by atoms with Crippen LogP contribution in [0.1, 0.15) is 39.3 Å². The van der Waals surface area contributed by atoms with Gasteiger partial charge >= 0.3 is 0 Å². The minimum atomic E-state index is -1.23. The molecule has 0 aliphatic rings. The Morgan fingerprint density at radius 3 is 2.50 bits per heavy atom. The minimum absolute atomic E-state index is 0.0512. The van der Waals surface area contributed by atoms with E-state index in [1.54, 1.807) is 19.1 Å². The van der Waals surface area contributed by atoms with E-state index in [1.165, 1.54) is 0 Å². The van der Waals surface area contributed by atoms with Crippen LogP contribution in [-0.4, -0.2) is 9.30 Å². The number of halogens is 3. The second-order valence-electron chi connectivity index (χ2n) is 4.99. The maximum atomic E-state index is 13.6. The molecule has 1 aromatic carbocycles. The number of benzene rings is 1. The summed E-state index contributed by atoms with van der Waals surface area (Å²) in [5, 5.41) is 0.0512. The topological polar surface area (TPSA) is 35.1 Å². The van der Waals surface area contributed by atoms with E-state index in [1.807, 2.05) is 20.8 Å². The lowest BCUT2D eigenvalue weighted by Gasteiger charge is -2.27. The van der Waals surface area contributed by atoms with Crippen LogP contribution in [0.5, 0.6) is 0 Å². The Labute approximate surface area is 124 Å². The van der Waals surface area contributed by atoms with Crippen LogP contribution >= 0.6 is 27.5 Å². The Morgan fingerprint density at radius 1 is 1.44 bits per heavy atom. The van der Waals surface area contributed by atoms with Crippen LogP contribution in [0, 0.1) is 5.82 Å². The van der Waals surface area contributed by atoms with Crippen LogP contribution in [0.25, 0.3) is 0 Å². The van der Waals surface area contributed by atoms with Crippen molar-refractivity contribution in [3.8, 4) is 0 Å². The molecule has 0 aliphatic carbocycles. The number of rotatable bonds is 3. The van der Waals surface area contributed by atoms with Crippen molar-refractivity contribution in [3.63, 3.8) is 0 Å². The highest BCUT2D eigenvalue weighted by Crippen LogP contribution is 2.31. The highest BCUT2D eigenvalue weighted by atomic mass is 79.9. The van der Waals surface area contributed by atoms with Crippen LogP contribution in [0.4, 0.5) is 4.39 Å². The third kappa shape index (κ3) is 3.84. The van der Waals surface area contributed by atoms with Gasteiger partial charge < -0.3 is 4.55 Å². The van der Waals surface area contributed by atoms with E-state index < -0.39 is 17.2 Å². The Hall–Kier alpha value is 0.190. The van der Waals surface area contributed by atoms with Crippen molar-refractivity contribution in [2.75, 3.05) is 0 Å². The zero-order valence-corrected chi connectivity index (χ0v) is 13.8. The molecule has 102 valence electrons. The van der Waals surface area contributed by atoms with Gasteiger partial charge in [0.15, 0.2) is 5.82 Å². The van der Waals surface area contributed by atoms with Crippen molar-refractivity contribution in [1.29, 1.82) is 0 Å². The van der Waals surface area contributed by atoms with Crippen LogP contribution in [0.15, 0.2) is 16.6 Å². The Bertz CT molecular complexity index is 439. The normalized spacial score (nSPS) is 15.6. The van der Waals surface area contributed by atoms with Gasteiger partial charge in [0, 0.05) is 11.4 Å². The predicted octanol–water partition coefficient (Wildman–Crippen LogP) is 4.35. The summed E-state index contributed by atoms with van der Waals surface area (Å²) in [5.41, 5.74) is 0.593. The fourth-order valence-electron chi connectivity index (χ4n) is 1.28. The summed E-state index contributed by atoms with van der Waals surface area (Å²) >= 11 is 7.79. The van der Waals surface area contributed by atoms with Gasteiger partial charge in [0.05, 0.1) is 15.5 Å². The summed E-state index contributed by atoms with van der Waals surface area (Å²) in [4.78, 5) is 0. The summed E-state index contributed by atoms with van der Waals surface area (Å²) in [6, 6.07) is 3.02. The van der Waals surface area contributed by atoms with Gasteiger partial charge in [-0.2, -0.15) is 0 Å². The molecule has 18 heavy (non-hydrogen) atoms. The van der Waals surface area contributed by atoms with Gasteiger partial charge in [-0.25, -0.2) is 4.39 Å². The van der Waals surface area contributed by atoms with Gasteiger partial charge in [-0.05, 0) is 55.3 Å². The molecule has 1 rings (SSSR count). The fraction of sp³-hybridized carbons (Fsp3) is 0.500. The van der Waals surface area contributed by atoms with E-state index in [-0.39, 0.29) is 15.8 Å². The first-order valence-electron chi connectivity index (χ1n) is 5.46. The van der Waals surface area contributed by atoms with Crippen molar-refractivity contribution >= 4 is 38.9 Å². The van der Waals surface area contributed by atoms with Gasteiger partial charge in [0.2, 0.25) is 0 Å². The highest BCUT2D eigenvalue weighted by Gasteiger charge is 2.29. The van der Waals surface area contributed by atoms with Crippen LogP contribution in [-0.2, 0) is 11.4 Å². The third-order valence-corrected chi connectivity index (χ3v) is 5.05. The first-order valence-corrected chi connectivity index (χ1v) is 7.78. The molecule has 0 radical (unpaired) electrons. The van der Waals surface area contributed by atoms with Crippen LogP contribution in [0.3, 0.4) is 0 Å². The van der Waals surface area contributed by atoms with Gasteiger partial charge in [-0.1, -0.05) is 17.7 Å². The molecule has 0 aromatic heterocycles. The summed E-state index contributed by atoms with van der Waals surface area (Å²) in [6.45, 7) is 7.41. The van der Waals surface area contributed by atoms with Crippen molar-refractivity contribution in [2.45, 2.75) is 38.5 Å². The van der Waals surface area contributed by atoms with Gasteiger partial charge in [0.1, 0.15) is 4.75 Å². The van der Waals surface area contributed by atoms with Gasteiger partial charge in [-0.15, -0.1) is 4.72 Å². The average Bonchev–Trinajstić information content (AvgIpc) is 2.24. The van der Waals surface area contributed by atoms with Crippen molar-refractivity contribution < 1.29 is 8.94 Å². The summed E-state index contributed by atoms with van der Waals surface area (Å²) in [7, 11) is 0. The Morgan fingerprint density at radius 2 is 2.00 bits per heavy atom. The van der Waals surface area contributed by atoms with Crippen LogP contribution < -0.4 is 4.72 Å². The van der Waals surface area contributed by atoms with E-state index in [2.05, 4.69) is 20.7 Å². The fourth-order valence-corrected chi connectivity index (χ4v) is 2.85. The molecule has 1 N–H and O–H groups in total. The standard InChI is InChI=1S/C12H16BrClFNOS/c1-7(16-18(17)12(2,3)4)8-5-6-9(13)11(15)10(8)14/h5-7,16H,1-4H3/t7-,18?/m1/s1. The lowest BCUT2D eigenvalue weighted by Crippen LogP contribution is -2.40. The van der Waals surface area contributed by atoms with Gasteiger partial charge in [-0.3, -0.25) is 0 Å². The Kier molecular flexibility index (Phi) is 5.50. The minimum Gasteiger partial charge on any atom is -0.598 e. The molecule has 1 unspecified atom stereocenters. The number of hydrogen-bond donors (Lipinski definition) is 1. The largest absolute Gasteiger partial charge is 0.598 e. The highest BCUT2D eigenvalue weighted by molar-refractivity contribution is 9.10. The third-order valence-electron chi connectivity index (χ3n) is 2.37. The second-order valence-corrected chi connectivity index (χ2v) is 8.22. The summed E-state index contributed by atoms with van der Waals surface area (Å²) < 4.78 is 28.5. The van der Waals surface area contributed by atoms with E-state index in [0.717, 1.165) is 0 Å². The lowest BCUT2D eigenvalue weighted by atomic mass is 10.1. The predicted molar refractivity (Wildman–Crippen MR) is 78.6 cm³/mol. The molecule has 0 spiro atoms. The Balaban J connectivity index is 2.92. The molecule has 6 heteroatoms. The maximum absolute atomic E-state index is 13.6. The molecule has 0 amide bonds. The second kappa shape index (κ2) is 6.09. The molecule has 0 aliphatic heterocycles. The molecule has 2 atom stereocenters.